The van der Waals surface area contributed by atoms with Crippen LogP contribution in [-0.4, -0.2) is 29.6 Å². The van der Waals surface area contributed by atoms with Crippen LogP contribution in [0, 0.1) is 0 Å². The van der Waals surface area contributed by atoms with Crippen molar-refractivity contribution in [3.8, 4) is 0 Å². The fourth-order valence-corrected chi connectivity index (χ4v) is 2.98. The molecule has 1 amide bonds. The summed E-state index contributed by atoms with van der Waals surface area (Å²) in [6.45, 7) is 4.70. The van der Waals surface area contributed by atoms with Gasteiger partial charge in [0.1, 0.15) is 6.04 Å². The first kappa shape index (κ1) is 15.5. The predicted octanol–water partition coefficient (Wildman–Crippen LogP) is 3.89. The van der Waals surface area contributed by atoms with E-state index in [-0.39, 0.29) is 11.9 Å². The van der Waals surface area contributed by atoms with Gasteiger partial charge in [-0.05, 0) is 31.4 Å². The number of fused-ring (bicyclic) bond motifs is 2. The van der Waals surface area contributed by atoms with Crippen LogP contribution >= 0.6 is 0 Å². The number of amides is 1. The van der Waals surface area contributed by atoms with E-state index in [0.717, 1.165) is 30.6 Å². The summed E-state index contributed by atoms with van der Waals surface area (Å²) in [5, 5.41) is 0. The predicted molar refractivity (Wildman–Crippen MR) is 94.4 cm³/mol. The Labute approximate surface area is 137 Å². The highest BCUT2D eigenvalue weighted by atomic mass is 16.2. The van der Waals surface area contributed by atoms with E-state index in [1.54, 1.807) is 6.21 Å². The number of piperidine rings is 1. The van der Waals surface area contributed by atoms with Gasteiger partial charge in [-0.2, -0.15) is 0 Å². The van der Waals surface area contributed by atoms with E-state index in [9.17, 15) is 4.79 Å². The summed E-state index contributed by atoms with van der Waals surface area (Å²) in [7, 11) is 0. The van der Waals surface area contributed by atoms with Gasteiger partial charge in [0.15, 0.2) is 0 Å². The van der Waals surface area contributed by atoms with Gasteiger partial charge in [0.05, 0.1) is 0 Å². The lowest BCUT2D eigenvalue weighted by Gasteiger charge is -2.33. The fraction of sp³-hybridized carbons (Fsp3) is 0.300. The number of nitrogens with zero attached hydrogens (tertiary/aromatic N) is 2. The van der Waals surface area contributed by atoms with Gasteiger partial charge in [-0.15, -0.1) is 0 Å². The third kappa shape index (κ3) is 3.50. The van der Waals surface area contributed by atoms with Crippen molar-refractivity contribution in [2.24, 2.45) is 4.99 Å². The first-order chi connectivity index (χ1) is 11.1. The highest BCUT2D eigenvalue weighted by Crippen LogP contribution is 2.30. The van der Waals surface area contributed by atoms with Crippen molar-refractivity contribution in [3.63, 3.8) is 0 Å². The molecule has 118 valence electrons. The Balaban J connectivity index is 1.76. The summed E-state index contributed by atoms with van der Waals surface area (Å²) in [6, 6.07) is 9.52. The van der Waals surface area contributed by atoms with Crippen LogP contribution in [0.2, 0.25) is 0 Å². The minimum Gasteiger partial charge on any atom is -0.313 e. The number of allylic oxidation sites excluding steroid dienone is 5. The average molecular weight is 306 g/mol. The van der Waals surface area contributed by atoms with Crippen molar-refractivity contribution in [3.05, 3.63) is 71.0 Å². The van der Waals surface area contributed by atoms with Crippen molar-refractivity contribution in [2.75, 3.05) is 6.54 Å². The molecule has 23 heavy (non-hydrogen) atoms. The Bertz CT molecular complexity index is 710. The lowest BCUT2D eigenvalue weighted by atomic mass is 9.98. The molecule has 1 aromatic rings. The van der Waals surface area contributed by atoms with Crippen LogP contribution in [-0.2, 0) is 4.79 Å². The maximum Gasteiger partial charge on any atom is 0.251 e. The second-order valence-electron chi connectivity index (χ2n) is 6.10. The summed E-state index contributed by atoms with van der Waals surface area (Å²) in [4.78, 5) is 19.2. The molecule has 1 heterocycles. The summed E-state index contributed by atoms with van der Waals surface area (Å²) in [5.74, 6) is 0.0841. The first-order valence-electron chi connectivity index (χ1n) is 8.10. The molecule has 1 aliphatic carbocycles. The monoisotopic (exact) mass is 306 g/mol. The van der Waals surface area contributed by atoms with Crippen LogP contribution in [0.3, 0.4) is 0 Å². The topological polar surface area (TPSA) is 32.7 Å². The molecule has 0 saturated carbocycles. The Morgan fingerprint density at radius 1 is 1.30 bits per heavy atom. The number of benzene rings is 1. The van der Waals surface area contributed by atoms with Crippen LogP contribution in [0.15, 0.2) is 70.4 Å². The van der Waals surface area contributed by atoms with Gasteiger partial charge in [0, 0.05) is 24.9 Å². The highest BCUT2D eigenvalue weighted by Gasteiger charge is 2.28. The molecule has 3 heteroatoms. The van der Waals surface area contributed by atoms with Gasteiger partial charge >= 0.3 is 0 Å². The molecule has 1 atom stereocenters. The normalized spacial score (nSPS) is 18.9. The minimum atomic E-state index is -0.367. The molecule has 0 radical (unpaired) electrons. The third-order valence-electron chi connectivity index (χ3n) is 4.38. The fourth-order valence-electron chi connectivity index (χ4n) is 2.98. The van der Waals surface area contributed by atoms with Crippen molar-refractivity contribution in [1.82, 2.24) is 4.90 Å². The minimum absolute atomic E-state index is 0.0841. The zero-order chi connectivity index (χ0) is 16.2. The quantitative estimate of drug-likeness (QED) is 0.780. The molecule has 1 unspecified atom stereocenters. The van der Waals surface area contributed by atoms with Gasteiger partial charge in [0.25, 0.3) is 5.91 Å². The lowest BCUT2D eigenvalue weighted by molar-refractivity contribution is -0.130. The van der Waals surface area contributed by atoms with Gasteiger partial charge in [0.2, 0.25) is 0 Å². The van der Waals surface area contributed by atoms with Crippen LogP contribution in [0.25, 0.3) is 0 Å². The number of carbonyl (C=O) groups excluding carboxylic acids is 1. The molecular weight excluding hydrogens is 284 g/mol. The maximum absolute atomic E-state index is 12.8. The molecule has 0 aromatic heterocycles. The third-order valence-corrected chi connectivity index (χ3v) is 4.38. The number of carbonyl (C=O) groups is 1. The molecular formula is C20H22N2O. The van der Waals surface area contributed by atoms with Crippen molar-refractivity contribution in [1.29, 1.82) is 0 Å². The van der Waals surface area contributed by atoms with Gasteiger partial charge in [-0.3, -0.25) is 9.79 Å². The van der Waals surface area contributed by atoms with E-state index in [1.807, 2.05) is 42.2 Å². The molecule has 3 rings (SSSR count). The zero-order valence-electron chi connectivity index (χ0n) is 13.7. The molecule has 1 aromatic carbocycles. The SMILES string of the molecule is CC1=C2CC(=CC=C1)CCN2C(=O)C(C)N=Cc1ccccc1. The second-order valence-corrected chi connectivity index (χ2v) is 6.10. The van der Waals surface area contributed by atoms with E-state index in [4.69, 9.17) is 0 Å². The lowest BCUT2D eigenvalue weighted by Crippen LogP contribution is -2.40. The molecule has 1 aliphatic heterocycles. The molecule has 0 spiro atoms. The summed E-state index contributed by atoms with van der Waals surface area (Å²) < 4.78 is 0. The smallest absolute Gasteiger partial charge is 0.251 e. The summed E-state index contributed by atoms with van der Waals surface area (Å²) >= 11 is 0. The van der Waals surface area contributed by atoms with Crippen molar-refractivity contribution < 1.29 is 4.79 Å². The number of hydrogen-bond donors (Lipinski definition) is 0. The largest absolute Gasteiger partial charge is 0.313 e. The zero-order valence-corrected chi connectivity index (χ0v) is 13.7. The Morgan fingerprint density at radius 3 is 2.87 bits per heavy atom. The summed E-state index contributed by atoms with van der Waals surface area (Å²) in [6.07, 6.45) is 9.96. The van der Waals surface area contributed by atoms with Crippen LogP contribution in [0.5, 0.6) is 0 Å². The summed E-state index contributed by atoms with van der Waals surface area (Å²) in [5.41, 5.74) is 4.72. The molecule has 0 N–H and O–H groups in total. The molecule has 1 saturated heterocycles. The van der Waals surface area contributed by atoms with Gasteiger partial charge in [-0.25, -0.2) is 0 Å². The molecule has 1 fully saturated rings. The highest BCUT2D eigenvalue weighted by molar-refractivity contribution is 5.87. The van der Waals surface area contributed by atoms with E-state index < -0.39 is 0 Å². The van der Waals surface area contributed by atoms with Crippen LogP contribution in [0.1, 0.15) is 32.3 Å². The number of aliphatic imine (C=N–C) groups is 1. The van der Waals surface area contributed by atoms with Gasteiger partial charge < -0.3 is 4.90 Å². The number of likely N-dealkylation sites (tertiary alicyclic amines) is 1. The molecule has 2 bridgehead atoms. The molecule has 2 aliphatic rings. The van der Waals surface area contributed by atoms with E-state index in [2.05, 4.69) is 30.1 Å². The first-order valence-corrected chi connectivity index (χ1v) is 8.10. The standard InChI is InChI=1S/C20H22N2O/c1-15-7-6-10-17-11-12-22(19(15)13-17)20(23)16(2)21-14-18-8-4-3-5-9-18/h3-10,14,16H,11-13H2,1-2H3. The van der Waals surface area contributed by atoms with Crippen LogP contribution < -0.4 is 0 Å². The van der Waals surface area contributed by atoms with Crippen molar-refractivity contribution >= 4 is 12.1 Å². The Kier molecular flexibility index (Phi) is 4.56. The van der Waals surface area contributed by atoms with E-state index in [1.165, 1.54) is 11.1 Å². The van der Waals surface area contributed by atoms with Crippen molar-refractivity contribution in [2.45, 2.75) is 32.7 Å². The van der Waals surface area contributed by atoms with Crippen LogP contribution in [0.4, 0.5) is 0 Å². The van der Waals surface area contributed by atoms with Gasteiger partial charge in [-0.1, -0.05) is 54.1 Å². The number of hydrogen-bond acceptors (Lipinski definition) is 2. The second kappa shape index (κ2) is 6.78. The van der Waals surface area contributed by atoms with E-state index >= 15 is 0 Å². The Hall–Kier alpha value is -2.42. The molecule has 3 nitrogen and oxygen atoms in total. The average Bonchev–Trinajstić information content (AvgIpc) is 2.72. The number of rotatable bonds is 3. The Morgan fingerprint density at radius 2 is 2.09 bits per heavy atom. The van der Waals surface area contributed by atoms with E-state index in [0.29, 0.717) is 0 Å². The maximum atomic E-state index is 12.8.